The summed E-state index contributed by atoms with van der Waals surface area (Å²) in [6.45, 7) is 7.84. The van der Waals surface area contributed by atoms with Crippen molar-refractivity contribution in [3.05, 3.63) is 59.7 Å². The number of amides is 2. The maximum atomic E-state index is 11.8. The molecule has 156 valence electrons. The molecule has 0 spiro atoms. The van der Waals surface area contributed by atoms with Crippen LogP contribution in [-0.2, 0) is 13.1 Å². The standard InChI is InChI=1S/C22H31N5O2/c1-5-23-21(25-15-18-7-6-8-20(13-18)29-4)24-14-17-9-11-19(12-10-17)27-22(28)26-16(2)3/h6-13,16H,5,14-15H2,1-4H3,(H2,23,24,25)(H2,26,27,28). The predicted molar refractivity (Wildman–Crippen MR) is 118 cm³/mol. The summed E-state index contributed by atoms with van der Waals surface area (Å²) in [5, 5.41) is 12.2. The van der Waals surface area contributed by atoms with Crippen molar-refractivity contribution in [1.82, 2.24) is 16.0 Å². The van der Waals surface area contributed by atoms with Gasteiger partial charge in [-0.25, -0.2) is 9.79 Å². The fourth-order valence-electron chi connectivity index (χ4n) is 2.60. The Morgan fingerprint density at radius 1 is 1.07 bits per heavy atom. The van der Waals surface area contributed by atoms with Gasteiger partial charge >= 0.3 is 6.03 Å². The number of guanidine groups is 1. The average Bonchev–Trinajstić information content (AvgIpc) is 2.70. The van der Waals surface area contributed by atoms with E-state index in [1.165, 1.54) is 0 Å². The largest absolute Gasteiger partial charge is 0.497 e. The van der Waals surface area contributed by atoms with E-state index in [9.17, 15) is 4.79 Å². The maximum absolute atomic E-state index is 11.8. The number of hydrogen-bond donors (Lipinski definition) is 4. The zero-order valence-electron chi connectivity index (χ0n) is 17.6. The van der Waals surface area contributed by atoms with Gasteiger partial charge in [-0.3, -0.25) is 0 Å². The van der Waals surface area contributed by atoms with Crippen LogP contribution in [0.2, 0.25) is 0 Å². The summed E-state index contributed by atoms with van der Waals surface area (Å²) >= 11 is 0. The lowest BCUT2D eigenvalue weighted by molar-refractivity contribution is 0.250. The Balaban J connectivity index is 1.91. The molecule has 2 aromatic carbocycles. The lowest BCUT2D eigenvalue weighted by Crippen LogP contribution is -2.36. The molecule has 0 unspecified atom stereocenters. The number of benzene rings is 2. The molecule has 0 aliphatic carbocycles. The molecular formula is C22H31N5O2. The fraction of sp³-hybridized carbons (Fsp3) is 0.364. The van der Waals surface area contributed by atoms with Crippen LogP contribution in [-0.4, -0.2) is 31.7 Å². The highest BCUT2D eigenvalue weighted by Crippen LogP contribution is 2.13. The first-order valence-electron chi connectivity index (χ1n) is 9.81. The number of carbonyl (C=O) groups excluding carboxylic acids is 1. The second-order valence-electron chi connectivity index (χ2n) is 6.85. The zero-order chi connectivity index (χ0) is 21.1. The van der Waals surface area contributed by atoms with Crippen LogP contribution in [0.3, 0.4) is 0 Å². The summed E-state index contributed by atoms with van der Waals surface area (Å²) in [6.07, 6.45) is 0. The Labute approximate surface area is 173 Å². The van der Waals surface area contributed by atoms with Gasteiger partial charge in [-0.1, -0.05) is 24.3 Å². The summed E-state index contributed by atoms with van der Waals surface area (Å²) in [6, 6.07) is 15.5. The van der Waals surface area contributed by atoms with Gasteiger partial charge in [0, 0.05) is 24.8 Å². The Hall–Kier alpha value is -3.22. The van der Waals surface area contributed by atoms with Crippen LogP contribution >= 0.6 is 0 Å². The summed E-state index contributed by atoms with van der Waals surface area (Å²) in [4.78, 5) is 16.4. The molecule has 7 heteroatoms. The third-order valence-electron chi connectivity index (χ3n) is 3.99. The fourth-order valence-corrected chi connectivity index (χ4v) is 2.60. The van der Waals surface area contributed by atoms with E-state index in [0.717, 1.165) is 35.1 Å². The number of aliphatic imine (C=N–C) groups is 1. The normalized spacial score (nSPS) is 11.1. The molecule has 0 fully saturated rings. The Morgan fingerprint density at radius 2 is 1.83 bits per heavy atom. The molecule has 0 radical (unpaired) electrons. The lowest BCUT2D eigenvalue weighted by Gasteiger charge is -2.13. The van der Waals surface area contributed by atoms with Crippen LogP contribution < -0.4 is 26.0 Å². The lowest BCUT2D eigenvalue weighted by atomic mass is 10.2. The van der Waals surface area contributed by atoms with Crippen molar-refractivity contribution in [2.75, 3.05) is 19.0 Å². The Morgan fingerprint density at radius 3 is 2.48 bits per heavy atom. The molecule has 0 atom stereocenters. The minimum absolute atomic E-state index is 0.0965. The molecule has 4 N–H and O–H groups in total. The van der Waals surface area contributed by atoms with Crippen LogP contribution in [0.15, 0.2) is 53.5 Å². The molecule has 0 aromatic heterocycles. The summed E-state index contributed by atoms with van der Waals surface area (Å²) < 4.78 is 5.26. The number of rotatable bonds is 8. The predicted octanol–water partition coefficient (Wildman–Crippen LogP) is 3.48. The number of carbonyl (C=O) groups is 1. The minimum atomic E-state index is -0.204. The van der Waals surface area contributed by atoms with Crippen molar-refractivity contribution in [1.29, 1.82) is 0 Å². The number of ether oxygens (including phenoxy) is 1. The van der Waals surface area contributed by atoms with Gasteiger partial charge in [-0.15, -0.1) is 0 Å². The zero-order valence-corrected chi connectivity index (χ0v) is 17.6. The van der Waals surface area contributed by atoms with Crippen LogP contribution in [0.5, 0.6) is 5.75 Å². The third-order valence-corrected chi connectivity index (χ3v) is 3.99. The van der Waals surface area contributed by atoms with Crippen molar-refractivity contribution in [2.24, 2.45) is 4.99 Å². The number of anilines is 1. The third kappa shape index (κ3) is 8.13. The molecule has 0 aliphatic rings. The Bertz CT molecular complexity index is 803. The highest BCUT2D eigenvalue weighted by atomic mass is 16.5. The van der Waals surface area contributed by atoms with Crippen molar-refractivity contribution in [2.45, 2.75) is 39.9 Å². The van der Waals surface area contributed by atoms with E-state index in [-0.39, 0.29) is 12.1 Å². The van der Waals surface area contributed by atoms with Crippen LogP contribution in [0.25, 0.3) is 0 Å². The molecule has 7 nitrogen and oxygen atoms in total. The van der Waals surface area contributed by atoms with Gasteiger partial charge < -0.3 is 26.0 Å². The van der Waals surface area contributed by atoms with Crippen molar-refractivity contribution < 1.29 is 9.53 Å². The first-order chi connectivity index (χ1) is 14.0. The van der Waals surface area contributed by atoms with Crippen molar-refractivity contribution in [3.63, 3.8) is 0 Å². The van der Waals surface area contributed by atoms with Crippen LogP contribution in [0.1, 0.15) is 31.9 Å². The molecule has 2 amide bonds. The van der Waals surface area contributed by atoms with Gasteiger partial charge in [0.05, 0.1) is 13.7 Å². The Kier molecular flexibility index (Phi) is 8.82. The second kappa shape index (κ2) is 11.6. The molecule has 0 heterocycles. The van der Waals surface area contributed by atoms with Gasteiger partial charge in [-0.2, -0.15) is 0 Å². The molecule has 29 heavy (non-hydrogen) atoms. The van der Waals surface area contributed by atoms with E-state index >= 15 is 0 Å². The van der Waals surface area contributed by atoms with Crippen LogP contribution in [0, 0.1) is 0 Å². The molecule has 2 rings (SSSR count). The van der Waals surface area contributed by atoms with Crippen molar-refractivity contribution >= 4 is 17.7 Å². The van der Waals surface area contributed by atoms with Gasteiger partial charge in [0.1, 0.15) is 5.75 Å². The first kappa shape index (κ1) is 22.1. The molecule has 0 aliphatic heterocycles. The maximum Gasteiger partial charge on any atom is 0.319 e. The topological polar surface area (TPSA) is 86.8 Å². The van der Waals surface area contributed by atoms with E-state index < -0.39 is 0 Å². The van der Waals surface area contributed by atoms with E-state index in [1.807, 2.05) is 69.3 Å². The highest BCUT2D eigenvalue weighted by molar-refractivity contribution is 5.89. The molecule has 0 saturated heterocycles. The molecule has 0 bridgehead atoms. The SMILES string of the molecule is CCNC(=NCc1cccc(OC)c1)NCc1ccc(NC(=O)NC(C)C)cc1. The van der Waals surface area contributed by atoms with E-state index in [0.29, 0.717) is 13.1 Å². The number of nitrogens with one attached hydrogen (secondary N) is 4. The first-order valence-corrected chi connectivity index (χ1v) is 9.81. The monoisotopic (exact) mass is 397 g/mol. The summed E-state index contributed by atoms with van der Waals surface area (Å²) in [5.74, 6) is 1.57. The summed E-state index contributed by atoms with van der Waals surface area (Å²) in [5.41, 5.74) is 2.92. The van der Waals surface area contributed by atoms with E-state index in [1.54, 1.807) is 7.11 Å². The smallest absolute Gasteiger partial charge is 0.319 e. The molecule has 2 aromatic rings. The number of methoxy groups -OCH3 is 1. The van der Waals surface area contributed by atoms with E-state index in [2.05, 4.69) is 26.3 Å². The number of hydrogen-bond acceptors (Lipinski definition) is 3. The molecular weight excluding hydrogens is 366 g/mol. The number of urea groups is 1. The number of nitrogens with zero attached hydrogens (tertiary/aromatic N) is 1. The van der Waals surface area contributed by atoms with Crippen molar-refractivity contribution in [3.8, 4) is 5.75 Å². The minimum Gasteiger partial charge on any atom is -0.497 e. The average molecular weight is 398 g/mol. The second-order valence-corrected chi connectivity index (χ2v) is 6.85. The highest BCUT2D eigenvalue weighted by Gasteiger charge is 2.04. The summed E-state index contributed by atoms with van der Waals surface area (Å²) in [7, 11) is 1.66. The van der Waals surface area contributed by atoms with Crippen LogP contribution in [0.4, 0.5) is 10.5 Å². The van der Waals surface area contributed by atoms with Gasteiger partial charge in [0.15, 0.2) is 5.96 Å². The van der Waals surface area contributed by atoms with Gasteiger partial charge in [-0.05, 0) is 56.2 Å². The van der Waals surface area contributed by atoms with Gasteiger partial charge in [0.25, 0.3) is 0 Å². The quantitative estimate of drug-likeness (QED) is 0.406. The van der Waals surface area contributed by atoms with E-state index in [4.69, 9.17) is 4.74 Å². The molecule has 0 saturated carbocycles. The van der Waals surface area contributed by atoms with Gasteiger partial charge in [0.2, 0.25) is 0 Å².